The van der Waals surface area contributed by atoms with Crippen LogP contribution in [0, 0.1) is 5.82 Å². The molecule has 10 heteroatoms. The summed E-state index contributed by atoms with van der Waals surface area (Å²) in [6, 6.07) is 16.8. The number of carbonyl (C=O) groups excluding carboxylic acids is 2. The number of carbonyl (C=O) groups is 2. The van der Waals surface area contributed by atoms with Crippen molar-refractivity contribution in [3.05, 3.63) is 102 Å². The summed E-state index contributed by atoms with van der Waals surface area (Å²) >= 11 is 0. The molecule has 35 heavy (non-hydrogen) atoms. The molecule has 184 valence electrons. The van der Waals surface area contributed by atoms with Crippen molar-refractivity contribution in [2.45, 2.75) is 19.1 Å². The molecule has 1 aromatic heterocycles. The van der Waals surface area contributed by atoms with Gasteiger partial charge in [-0.2, -0.15) is 4.31 Å². The summed E-state index contributed by atoms with van der Waals surface area (Å²) < 4.78 is 38.3. The van der Waals surface area contributed by atoms with Crippen LogP contribution in [-0.2, 0) is 32.7 Å². The minimum absolute atomic E-state index is 0.0312. The number of rotatable bonds is 10. The molecule has 2 aromatic carbocycles. The van der Waals surface area contributed by atoms with Gasteiger partial charge in [0.25, 0.3) is 0 Å². The number of aromatic nitrogens is 1. The second kappa shape index (κ2) is 11.7. The number of likely N-dealkylation sites (N-methyl/N-ethyl adjacent to an activating group) is 1. The van der Waals surface area contributed by atoms with Gasteiger partial charge in [-0.15, -0.1) is 0 Å². The van der Waals surface area contributed by atoms with Crippen molar-refractivity contribution >= 4 is 21.8 Å². The van der Waals surface area contributed by atoms with Crippen LogP contribution >= 0.6 is 0 Å². The van der Waals surface area contributed by atoms with E-state index in [4.69, 9.17) is 0 Å². The molecule has 1 N–H and O–H groups in total. The van der Waals surface area contributed by atoms with Crippen LogP contribution < -0.4 is 5.32 Å². The molecule has 3 aromatic rings. The number of amides is 2. The number of benzene rings is 2. The van der Waals surface area contributed by atoms with E-state index in [9.17, 15) is 22.4 Å². The number of hydrogen-bond acceptors (Lipinski definition) is 5. The van der Waals surface area contributed by atoms with E-state index in [1.165, 1.54) is 36.2 Å². The quantitative estimate of drug-likeness (QED) is 0.463. The van der Waals surface area contributed by atoms with Gasteiger partial charge in [-0.05, 0) is 34.9 Å². The molecule has 0 spiro atoms. The fourth-order valence-corrected chi connectivity index (χ4v) is 3.75. The third kappa shape index (κ3) is 7.43. The fourth-order valence-electron chi connectivity index (χ4n) is 3.41. The largest absolute Gasteiger partial charge is 0.350 e. The Bertz CT molecular complexity index is 1240. The molecule has 1 heterocycles. The highest BCUT2D eigenvalue weighted by Gasteiger charge is 2.32. The molecule has 0 saturated carbocycles. The van der Waals surface area contributed by atoms with Crippen LogP contribution in [0.5, 0.6) is 0 Å². The summed E-state index contributed by atoms with van der Waals surface area (Å²) in [6.45, 7) is -0.298. The highest BCUT2D eigenvalue weighted by molar-refractivity contribution is 7.88. The van der Waals surface area contributed by atoms with Crippen molar-refractivity contribution in [3.8, 4) is 0 Å². The maximum atomic E-state index is 13.5. The lowest BCUT2D eigenvalue weighted by molar-refractivity contribution is -0.141. The van der Waals surface area contributed by atoms with Gasteiger partial charge >= 0.3 is 0 Å². The molecule has 0 fully saturated rings. The highest BCUT2D eigenvalue weighted by Crippen LogP contribution is 2.24. The lowest BCUT2D eigenvalue weighted by atomic mass is 10.0. The average molecular weight is 499 g/mol. The van der Waals surface area contributed by atoms with Crippen LogP contribution in [-0.4, -0.2) is 54.3 Å². The SMILES string of the molecule is CN(CC(=O)N(Cc1ccc(F)cc1)[C@H](C(=O)NCc1cccnc1)c1ccccc1)S(C)(=O)=O. The topological polar surface area (TPSA) is 99.7 Å². The maximum Gasteiger partial charge on any atom is 0.247 e. The second-order valence-corrected chi connectivity index (χ2v) is 10.1. The Morgan fingerprint density at radius 3 is 2.29 bits per heavy atom. The van der Waals surface area contributed by atoms with E-state index in [-0.39, 0.29) is 13.1 Å². The van der Waals surface area contributed by atoms with E-state index in [0.29, 0.717) is 11.1 Å². The fraction of sp³-hybridized carbons (Fsp3) is 0.240. The van der Waals surface area contributed by atoms with Crippen LogP contribution in [0.3, 0.4) is 0 Å². The van der Waals surface area contributed by atoms with Crippen molar-refractivity contribution in [2.24, 2.45) is 0 Å². The van der Waals surface area contributed by atoms with Crippen molar-refractivity contribution in [1.29, 1.82) is 0 Å². The van der Waals surface area contributed by atoms with Gasteiger partial charge in [-0.3, -0.25) is 14.6 Å². The predicted molar refractivity (Wildman–Crippen MR) is 130 cm³/mol. The average Bonchev–Trinajstić information content (AvgIpc) is 2.84. The zero-order chi connectivity index (χ0) is 25.4. The number of hydrogen-bond donors (Lipinski definition) is 1. The summed E-state index contributed by atoms with van der Waals surface area (Å²) in [5.41, 5.74) is 1.91. The minimum Gasteiger partial charge on any atom is -0.350 e. The minimum atomic E-state index is -3.64. The number of nitrogens with zero attached hydrogens (tertiary/aromatic N) is 3. The van der Waals surface area contributed by atoms with E-state index < -0.39 is 40.2 Å². The third-order valence-electron chi connectivity index (χ3n) is 5.38. The first-order valence-corrected chi connectivity index (χ1v) is 12.7. The molecule has 0 aliphatic rings. The van der Waals surface area contributed by atoms with Crippen molar-refractivity contribution in [1.82, 2.24) is 19.5 Å². The Labute approximate surface area is 204 Å². The Hall–Kier alpha value is -3.63. The van der Waals surface area contributed by atoms with Gasteiger partial charge in [0.15, 0.2) is 0 Å². The monoisotopic (exact) mass is 498 g/mol. The van der Waals surface area contributed by atoms with Gasteiger partial charge in [0.2, 0.25) is 21.8 Å². The number of sulfonamides is 1. The standard InChI is InChI=1S/C25H27FN4O4S/c1-29(35(2,33)34)18-23(31)30(17-19-10-12-22(26)13-11-19)24(21-8-4-3-5-9-21)25(32)28-16-20-7-6-14-27-15-20/h3-15,24H,16-18H2,1-2H3,(H,28,32)/t24-/m0/s1. The molecule has 0 saturated heterocycles. The first kappa shape index (κ1) is 26.0. The maximum absolute atomic E-state index is 13.5. The first-order valence-electron chi connectivity index (χ1n) is 10.8. The molecule has 8 nitrogen and oxygen atoms in total. The zero-order valence-corrected chi connectivity index (χ0v) is 20.3. The smallest absolute Gasteiger partial charge is 0.247 e. The molecule has 2 amide bonds. The summed E-state index contributed by atoms with van der Waals surface area (Å²) in [4.78, 5) is 32.2. The normalized spacial score (nSPS) is 12.2. The van der Waals surface area contributed by atoms with Gasteiger partial charge in [0, 0.05) is 32.5 Å². The Kier molecular flexibility index (Phi) is 8.67. The highest BCUT2D eigenvalue weighted by atomic mass is 32.2. The summed E-state index contributed by atoms with van der Waals surface area (Å²) in [5, 5.41) is 2.85. The summed E-state index contributed by atoms with van der Waals surface area (Å²) in [7, 11) is -2.34. The summed E-state index contributed by atoms with van der Waals surface area (Å²) in [6.07, 6.45) is 4.25. The van der Waals surface area contributed by atoms with Crippen LogP contribution in [0.4, 0.5) is 4.39 Å². The number of nitrogens with one attached hydrogen (secondary N) is 1. The van der Waals surface area contributed by atoms with Gasteiger partial charge < -0.3 is 10.2 Å². The van der Waals surface area contributed by atoms with Gasteiger partial charge in [0.05, 0.1) is 12.8 Å². The Morgan fingerprint density at radius 1 is 1.00 bits per heavy atom. The van der Waals surface area contributed by atoms with Crippen LogP contribution in [0.1, 0.15) is 22.7 Å². The lowest BCUT2D eigenvalue weighted by Gasteiger charge is -2.32. The van der Waals surface area contributed by atoms with Crippen LogP contribution in [0.2, 0.25) is 0 Å². The van der Waals surface area contributed by atoms with Crippen molar-refractivity contribution < 1.29 is 22.4 Å². The molecule has 3 rings (SSSR count). The first-order chi connectivity index (χ1) is 16.6. The predicted octanol–water partition coefficient (Wildman–Crippen LogP) is 2.50. The Balaban J connectivity index is 1.97. The number of pyridine rings is 1. The van der Waals surface area contributed by atoms with E-state index in [1.54, 1.807) is 48.8 Å². The van der Waals surface area contributed by atoms with Crippen LogP contribution in [0.25, 0.3) is 0 Å². The second-order valence-electron chi connectivity index (χ2n) is 8.06. The lowest BCUT2D eigenvalue weighted by Crippen LogP contribution is -2.47. The Morgan fingerprint density at radius 2 is 1.69 bits per heavy atom. The molecule has 0 aliphatic carbocycles. The molecular weight excluding hydrogens is 471 g/mol. The van der Waals surface area contributed by atoms with Gasteiger partial charge in [0.1, 0.15) is 11.9 Å². The molecular formula is C25H27FN4O4S. The van der Waals surface area contributed by atoms with Crippen molar-refractivity contribution in [3.63, 3.8) is 0 Å². The molecule has 1 atom stereocenters. The van der Waals surface area contributed by atoms with E-state index in [1.807, 2.05) is 6.07 Å². The molecule has 0 aliphatic heterocycles. The number of halogens is 1. The summed E-state index contributed by atoms with van der Waals surface area (Å²) in [5.74, 6) is -1.46. The van der Waals surface area contributed by atoms with E-state index in [2.05, 4.69) is 10.3 Å². The molecule has 0 bridgehead atoms. The zero-order valence-electron chi connectivity index (χ0n) is 19.5. The van der Waals surface area contributed by atoms with Crippen molar-refractivity contribution in [2.75, 3.05) is 19.8 Å². The van der Waals surface area contributed by atoms with E-state index in [0.717, 1.165) is 16.1 Å². The third-order valence-corrected chi connectivity index (χ3v) is 6.64. The van der Waals surface area contributed by atoms with Gasteiger partial charge in [-0.1, -0.05) is 48.5 Å². The van der Waals surface area contributed by atoms with Crippen LogP contribution in [0.15, 0.2) is 79.1 Å². The molecule has 0 unspecified atom stereocenters. The molecule has 0 radical (unpaired) electrons. The van der Waals surface area contributed by atoms with Gasteiger partial charge in [-0.25, -0.2) is 12.8 Å². The van der Waals surface area contributed by atoms with E-state index >= 15 is 0 Å².